The molecule has 1 aromatic heterocycles. The highest BCUT2D eigenvalue weighted by Gasteiger charge is 2.30. The molecular weight excluding hydrogens is 363 g/mol. The zero-order valence-corrected chi connectivity index (χ0v) is 15.2. The zero-order chi connectivity index (χ0) is 18.6. The van der Waals surface area contributed by atoms with Gasteiger partial charge in [0.2, 0.25) is 0 Å². The molecule has 0 radical (unpaired) electrons. The Morgan fingerprint density at radius 2 is 2.00 bits per heavy atom. The van der Waals surface area contributed by atoms with Crippen molar-refractivity contribution in [2.75, 3.05) is 26.0 Å². The van der Waals surface area contributed by atoms with Crippen molar-refractivity contribution in [1.29, 1.82) is 0 Å². The maximum atomic E-state index is 12.9. The van der Waals surface area contributed by atoms with Gasteiger partial charge in [0.05, 0.1) is 18.3 Å². The summed E-state index contributed by atoms with van der Waals surface area (Å²) >= 11 is 1.49. The predicted octanol–water partition coefficient (Wildman–Crippen LogP) is 3.66. The monoisotopic (exact) mass is 383 g/mol. The van der Waals surface area contributed by atoms with Crippen molar-refractivity contribution < 1.29 is 17.9 Å². The van der Waals surface area contributed by atoms with Crippen LogP contribution in [0.15, 0.2) is 41.8 Å². The van der Waals surface area contributed by atoms with Crippen molar-refractivity contribution in [2.45, 2.75) is 30.4 Å². The highest BCUT2D eigenvalue weighted by atomic mass is 32.2. The first-order valence-electron chi connectivity index (χ1n) is 8.29. The van der Waals surface area contributed by atoms with Crippen LogP contribution in [-0.2, 0) is 23.9 Å². The number of rotatable bonds is 5. The second-order valence-corrected chi connectivity index (χ2v) is 6.98. The molecule has 0 spiro atoms. The Balaban J connectivity index is 1.59. The van der Waals surface area contributed by atoms with Crippen LogP contribution in [0.5, 0.6) is 0 Å². The van der Waals surface area contributed by atoms with Gasteiger partial charge in [-0.05, 0) is 24.3 Å². The molecule has 0 bridgehead atoms. The molecule has 0 amide bonds. The maximum absolute atomic E-state index is 12.9. The van der Waals surface area contributed by atoms with E-state index in [1.54, 1.807) is 6.07 Å². The van der Waals surface area contributed by atoms with Gasteiger partial charge in [-0.15, -0.1) is 0 Å². The summed E-state index contributed by atoms with van der Waals surface area (Å²) in [4.78, 5) is 10.8. The average molecular weight is 383 g/mol. The second kappa shape index (κ2) is 8.37. The summed E-state index contributed by atoms with van der Waals surface area (Å²) < 4.78 is 44.3. The Hall–Kier alpha value is -1.64. The highest BCUT2D eigenvalue weighted by Crippen LogP contribution is 2.30. The van der Waals surface area contributed by atoms with Crippen molar-refractivity contribution in [2.24, 2.45) is 0 Å². The first-order chi connectivity index (χ1) is 12.4. The minimum absolute atomic E-state index is 0.126. The summed E-state index contributed by atoms with van der Waals surface area (Å²) in [6.07, 6.45) is 1.57. The molecule has 2 heterocycles. The molecule has 0 unspecified atom stereocenters. The number of halogens is 3. The normalized spacial score (nSPS) is 18.8. The third kappa shape index (κ3) is 5.18. The molecule has 1 fully saturated rings. The largest absolute Gasteiger partial charge is 0.416 e. The Labute approximate surface area is 154 Å². The van der Waals surface area contributed by atoms with E-state index in [2.05, 4.69) is 14.9 Å². The van der Waals surface area contributed by atoms with E-state index in [1.165, 1.54) is 23.9 Å². The molecule has 1 aliphatic rings. The molecule has 26 heavy (non-hydrogen) atoms. The fraction of sp³-hybridized carbons (Fsp3) is 0.444. The van der Waals surface area contributed by atoms with Gasteiger partial charge in [-0.2, -0.15) is 13.2 Å². The molecule has 140 valence electrons. The molecule has 0 N–H and O–H groups in total. The predicted molar refractivity (Wildman–Crippen MR) is 94.0 cm³/mol. The number of benzene rings is 1. The van der Waals surface area contributed by atoms with Crippen LogP contribution in [0.25, 0.3) is 0 Å². The van der Waals surface area contributed by atoms with Crippen molar-refractivity contribution in [3.8, 4) is 0 Å². The summed E-state index contributed by atoms with van der Waals surface area (Å²) in [6, 6.07) is 5.46. The number of thioether (sulfide) groups is 1. The van der Waals surface area contributed by atoms with E-state index >= 15 is 0 Å². The van der Waals surface area contributed by atoms with Crippen LogP contribution in [0.2, 0.25) is 0 Å². The summed E-state index contributed by atoms with van der Waals surface area (Å²) in [7, 11) is 0. The topological polar surface area (TPSA) is 38.2 Å². The van der Waals surface area contributed by atoms with E-state index in [4.69, 9.17) is 4.74 Å². The smallest absolute Gasteiger partial charge is 0.375 e. The van der Waals surface area contributed by atoms with Crippen LogP contribution in [0, 0.1) is 0 Å². The number of alkyl halides is 3. The molecule has 1 saturated heterocycles. The number of hydrogen-bond donors (Lipinski definition) is 0. The molecule has 0 aliphatic carbocycles. The second-order valence-electron chi connectivity index (χ2n) is 6.21. The maximum Gasteiger partial charge on any atom is 0.416 e. The Bertz CT molecular complexity index is 724. The van der Waals surface area contributed by atoms with Crippen molar-refractivity contribution in [1.82, 2.24) is 14.9 Å². The van der Waals surface area contributed by atoms with E-state index < -0.39 is 11.7 Å². The lowest BCUT2D eigenvalue weighted by Crippen LogP contribution is -2.42. The van der Waals surface area contributed by atoms with Crippen molar-refractivity contribution in [3.05, 3.63) is 53.3 Å². The van der Waals surface area contributed by atoms with Crippen molar-refractivity contribution in [3.63, 3.8) is 0 Å². The fourth-order valence-electron chi connectivity index (χ4n) is 2.97. The Kier molecular flexibility index (Phi) is 6.16. The first kappa shape index (κ1) is 19.1. The summed E-state index contributed by atoms with van der Waals surface area (Å²) in [6.45, 7) is 2.72. The van der Waals surface area contributed by atoms with Crippen LogP contribution in [0.4, 0.5) is 13.2 Å². The van der Waals surface area contributed by atoms with Gasteiger partial charge >= 0.3 is 6.18 Å². The third-order valence-electron chi connectivity index (χ3n) is 4.21. The van der Waals surface area contributed by atoms with Gasteiger partial charge in [-0.3, -0.25) is 4.90 Å². The standard InChI is InChI=1S/C18H20F3N3OS/c1-26-17-22-9-14(10-23-17)11-24-5-6-25-16(12-24)8-13-3-2-4-15(7-13)18(19,20)21/h2-4,7,9-10,16H,5-6,8,11-12H2,1H3/t16-/m0/s1. The average Bonchev–Trinajstić information content (AvgIpc) is 2.62. The van der Waals surface area contributed by atoms with Gasteiger partial charge < -0.3 is 4.74 Å². The number of hydrogen-bond acceptors (Lipinski definition) is 5. The lowest BCUT2D eigenvalue weighted by molar-refractivity contribution is -0.137. The van der Waals surface area contributed by atoms with E-state index in [0.717, 1.165) is 23.3 Å². The van der Waals surface area contributed by atoms with E-state index in [1.807, 2.05) is 18.6 Å². The highest BCUT2D eigenvalue weighted by molar-refractivity contribution is 7.98. The fourth-order valence-corrected chi connectivity index (χ4v) is 3.29. The lowest BCUT2D eigenvalue weighted by atomic mass is 10.0. The Morgan fingerprint density at radius 1 is 1.23 bits per heavy atom. The van der Waals surface area contributed by atoms with Gasteiger partial charge in [-0.25, -0.2) is 9.97 Å². The first-order valence-corrected chi connectivity index (χ1v) is 9.51. The van der Waals surface area contributed by atoms with Gasteiger partial charge in [-0.1, -0.05) is 30.0 Å². The van der Waals surface area contributed by atoms with Crippen LogP contribution in [0.1, 0.15) is 16.7 Å². The lowest BCUT2D eigenvalue weighted by Gasteiger charge is -2.33. The van der Waals surface area contributed by atoms with E-state index in [0.29, 0.717) is 31.7 Å². The summed E-state index contributed by atoms with van der Waals surface area (Å²) in [5.41, 5.74) is 1.04. The number of ether oxygens (including phenoxy) is 1. The minimum Gasteiger partial charge on any atom is -0.375 e. The molecule has 1 aliphatic heterocycles. The van der Waals surface area contributed by atoms with Gasteiger partial charge in [0, 0.05) is 37.6 Å². The Morgan fingerprint density at radius 3 is 2.69 bits per heavy atom. The SMILES string of the molecule is CSc1ncc(CN2CCO[C@@H](Cc3cccc(C(F)(F)F)c3)C2)cn1. The summed E-state index contributed by atoms with van der Waals surface area (Å²) in [5.74, 6) is 0. The molecule has 2 aromatic rings. The molecule has 3 rings (SSSR count). The molecule has 0 saturated carbocycles. The van der Waals surface area contributed by atoms with Crippen molar-refractivity contribution >= 4 is 11.8 Å². The number of aromatic nitrogens is 2. The number of nitrogens with zero attached hydrogens (tertiary/aromatic N) is 3. The molecule has 1 aromatic carbocycles. The van der Waals surface area contributed by atoms with Gasteiger partial charge in [0.1, 0.15) is 0 Å². The zero-order valence-electron chi connectivity index (χ0n) is 14.4. The quantitative estimate of drug-likeness (QED) is 0.582. The number of morpholine rings is 1. The van der Waals surface area contributed by atoms with Crippen LogP contribution in [-0.4, -0.2) is 46.9 Å². The third-order valence-corrected chi connectivity index (χ3v) is 4.79. The van der Waals surface area contributed by atoms with Crippen LogP contribution >= 0.6 is 11.8 Å². The molecule has 4 nitrogen and oxygen atoms in total. The minimum atomic E-state index is -4.32. The van der Waals surface area contributed by atoms with Gasteiger partial charge in [0.25, 0.3) is 0 Å². The van der Waals surface area contributed by atoms with E-state index in [9.17, 15) is 13.2 Å². The van der Waals surface area contributed by atoms with E-state index in [-0.39, 0.29) is 6.10 Å². The molecule has 1 atom stereocenters. The van der Waals surface area contributed by atoms with Crippen LogP contribution < -0.4 is 0 Å². The molecular formula is C18H20F3N3OS. The molecule has 8 heteroatoms. The van der Waals surface area contributed by atoms with Crippen LogP contribution in [0.3, 0.4) is 0 Å². The van der Waals surface area contributed by atoms with Gasteiger partial charge in [0.15, 0.2) is 5.16 Å². The summed E-state index contributed by atoms with van der Waals surface area (Å²) in [5, 5.41) is 0.734.